The molecule has 1 aromatic heterocycles. The van der Waals surface area contributed by atoms with E-state index in [0.717, 1.165) is 27.7 Å². The van der Waals surface area contributed by atoms with Crippen LogP contribution in [-0.2, 0) is 13.6 Å². The van der Waals surface area contributed by atoms with Crippen LogP contribution in [0.15, 0.2) is 34.2 Å². The topological polar surface area (TPSA) is 29.9 Å². The molecule has 0 saturated heterocycles. The lowest BCUT2D eigenvalue weighted by Crippen LogP contribution is -2.20. The lowest BCUT2D eigenvalue weighted by atomic mass is 10.2. The molecule has 1 heterocycles. The molecule has 2 rings (SSSR count). The number of rotatable bonds is 6. The minimum atomic E-state index is -0.157. The second-order valence-electron chi connectivity index (χ2n) is 5.59. The van der Waals surface area contributed by atoms with Crippen LogP contribution < -0.4 is 5.32 Å². The molecule has 0 amide bonds. The van der Waals surface area contributed by atoms with E-state index in [-0.39, 0.29) is 5.82 Å². The normalized spacial score (nSPS) is 11.3. The molecule has 0 unspecified atom stereocenters. The van der Waals surface area contributed by atoms with Gasteiger partial charge in [0, 0.05) is 24.1 Å². The zero-order valence-electron chi connectivity index (χ0n) is 13.0. The summed E-state index contributed by atoms with van der Waals surface area (Å²) in [5.74, 6) is 0.391. The summed E-state index contributed by atoms with van der Waals surface area (Å²) in [6, 6.07) is 7.25. The van der Waals surface area contributed by atoms with E-state index < -0.39 is 0 Å². The standard InChI is InChI=1S/C16H22FN3S/c1-11(2)9-18-10-13-14(17)6-5-7-15(13)21-16-8-12(3)19-20(16)4/h5-8,11,18H,9-10H2,1-4H3. The van der Waals surface area contributed by atoms with Gasteiger partial charge in [-0.15, -0.1) is 0 Å². The molecule has 1 N–H and O–H groups in total. The summed E-state index contributed by atoms with van der Waals surface area (Å²) in [5, 5.41) is 8.66. The third-order valence-corrected chi connectivity index (χ3v) is 4.30. The molecule has 0 saturated carbocycles. The van der Waals surface area contributed by atoms with Crippen LogP contribution in [0.25, 0.3) is 0 Å². The first-order valence-electron chi connectivity index (χ1n) is 7.14. The fraction of sp³-hybridized carbons (Fsp3) is 0.438. The van der Waals surface area contributed by atoms with Gasteiger partial charge < -0.3 is 5.32 Å². The van der Waals surface area contributed by atoms with E-state index in [1.165, 1.54) is 6.07 Å². The van der Waals surface area contributed by atoms with Crippen molar-refractivity contribution in [3.8, 4) is 0 Å². The Bertz CT molecular complexity index is 608. The Morgan fingerprint density at radius 1 is 1.38 bits per heavy atom. The summed E-state index contributed by atoms with van der Waals surface area (Å²) in [6.07, 6.45) is 0. The molecular weight excluding hydrogens is 285 g/mol. The lowest BCUT2D eigenvalue weighted by Gasteiger charge is -2.12. The molecule has 0 fully saturated rings. The maximum absolute atomic E-state index is 14.1. The maximum Gasteiger partial charge on any atom is 0.128 e. The lowest BCUT2D eigenvalue weighted by molar-refractivity contribution is 0.530. The SMILES string of the molecule is Cc1cc(Sc2cccc(F)c2CNCC(C)C)n(C)n1. The quantitative estimate of drug-likeness (QED) is 0.881. The number of aryl methyl sites for hydroxylation is 2. The van der Waals surface area contributed by atoms with E-state index in [9.17, 15) is 4.39 Å². The van der Waals surface area contributed by atoms with Crippen LogP contribution in [0, 0.1) is 18.7 Å². The second-order valence-corrected chi connectivity index (χ2v) is 6.65. The van der Waals surface area contributed by atoms with Gasteiger partial charge in [-0.25, -0.2) is 4.39 Å². The molecule has 0 aliphatic rings. The van der Waals surface area contributed by atoms with Crippen LogP contribution in [-0.4, -0.2) is 16.3 Å². The average molecular weight is 307 g/mol. The zero-order chi connectivity index (χ0) is 15.4. The Labute approximate surface area is 129 Å². The molecule has 3 nitrogen and oxygen atoms in total. The summed E-state index contributed by atoms with van der Waals surface area (Å²) in [6.45, 7) is 7.67. The van der Waals surface area contributed by atoms with Crippen LogP contribution in [0.3, 0.4) is 0 Å². The van der Waals surface area contributed by atoms with Gasteiger partial charge in [-0.3, -0.25) is 4.68 Å². The molecule has 21 heavy (non-hydrogen) atoms. The van der Waals surface area contributed by atoms with E-state index in [1.807, 2.05) is 30.8 Å². The van der Waals surface area contributed by atoms with Gasteiger partial charge >= 0.3 is 0 Å². The van der Waals surface area contributed by atoms with Crippen LogP contribution in [0.5, 0.6) is 0 Å². The fourth-order valence-electron chi connectivity index (χ4n) is 2.09. The molecule has 0 aliphatic carbocycles. The average Bonchev–Trinajstić information content (AvgIpc) is 2.71. The van der Waals surface area contributed by atoms with Gasteiger partial charge in [-0.05, 0) is 37.6 Å². The zero-order valence-corrected chi connectivity index (χ0v) is 13.8. The highest BCUT2D eigenvalue weighted by Gasteiger charge is 2.12. The van der Waals surface area contributed by atoms with Crippen molar-refractivity contribution in [1.29, 1.82) is 0 Å². The first kappa shape index (κ1) is 16.0. The first-order valence-corrected chi connectivity index (χ1v) is 7.95. The molecule has 0 aliphatic heterocycles. The number of nitrogens with zero attached hydrogens (tertiary/aromatic N) is 2. The van der Waals surface area contributed by atoms with Crippen LogP contribution in [0.1, 0.15) is 25.1 Å². The number of halogens is 1. The minimum Gasteiger partial charge on any atom is -0.312 e. The Kier molecular flexibility index (Phi) is 5.42. The summed E-state index contributed by atoms with van der Waals surface area (Å²) < 4.78 is 15.9. The van der Waals surface area contributed by atoms with Crippen molar-refractivity contribution in [2.75, 3.05) is 6.54 Å². The summed E-state index contributed by atoms with van der Waals surface area (Å²) in [4.78, 5) is 0.939. The van der Waals surface area contributed by atoms with E-state index in [4.69, 9.17) is 0 Å². The number of hydrogen-bond donors (Lipinski definition) is 1. The summed E-state index contributed by atoms with van der Waals surface area (Å²) in [7, 11) is 1.91. The molecule has 5 heteroatoms. The van der Waals surface area contributed by atoms with E-state index in [2.05, 4.69) is 24.3 Å². The van der Waals surface area contributed by atoms with Crippen molar-refractivity contribution >= 4 is 11.8 Å². The van der Waals surface area contributed by atoms with Gasteiger partial charge in [-0.2, -0.15) is 5.10 Å². The first-order chi connectivity index (χ1) is 9.97. The molecular formula is C16H22FN3S. The Morgan fingerprint density at radius 2 is 2.14 bits per heavy atom. The van der Waals surface area contributed by atoms with Gasteiger partial charge in [0.1, 0.15) is 5.82 Å². The van der Waals surface area contributed by atoms with Crippen molar-refractivity contribution in [3.63, 3.8) is 0 Å². The Hall–Kier alpha value is -1.33. The van der Waals surface area contributed by atoms with Crippen molar-refractivity contribution < 1.29 is 4.39 Å². The van der Waals surface area contributed by atoms with Crippen LogP contribution >= 0.6 is 11.8 Å². The maximum atomic E-state index is 14.1. The van der Waals surface area contributed by atoms with Crippen molar-refractivity contribution in [2.24, 2.45) is 13.0 Å². The largest absolute Gasteiger partial charge is 0.312 e. The second kappa shape index (κ2) is 7.09. The van der Waals surface area contributed by atoms with Crippen LogP contribution in [0.2, 0.25) is 0 Å². The summed E-state index contributed by atoms with van der Waals surface area (Å²) >= 11 is 1.56. The highest BCUT2D eigenvalue weighted by molar-refractivity contribution is 7.99. The van der Waals surface area contributed by atoms with Crippen molar-refractivity contribution in [2.45, 2.75) is 37.2 Å². The molecule has 0 spiro atoms. The molecule has 114 valence electrons. The Balaban J connectivity index is 2.18. The third kappa shape index (κ3) is 4.32. The number of aromatic nitrogens is 2. The smallest absolute Gasteiger partial charge is 0.128 e. The van der Waals surface area contributed by atoms with Gasteiger partial charge in [0.15, 0.2) is 0 Å². The van der Waals surface area contributed by atoms with E-state index >= 15 is 0 Å². The van der Waals surface area contributed by atoms with Crippen LogP contribution in [0.4, 0.5) is 4.39 Å². The molecule has 1 aromatic carbocycles. The fourth-order valence-corrected chi connectivity index (χ4v) is 3.15. The number of nitrogens with one attached hydrogen (secondary N) is 1. The number of benzene rings is 1. The van der Waals surface area contributed by atoms with Gasteiger partial charge in [0.25, 0.3) is 0 Å². The molecule has 2 aromatic rings. The van der Waals surface area contributed by atoms with E-state index in [0.29, 0.717) is 12.5 Å². The van der Waals surface area contributed by atoms with Crippen molar-refractivity contribution in [1.82, 2.24) is 15.1 Å². The third-order valence-electron chi connectivity index (χ3n) is 3.10. The molecule has 0 radical (unpaired) electrons. The van der Waals surface area contributed by atoms with E-state index in [1.54, 1.807) is 17.8 Å². The van der Waals surface area contributed by atoms with Crippen molar-refractivity contribution in [3.05, 3.63) is 41.3 Å². The predicted molar refractivity (Wildman–Crippen MR) is 85.0 cm³/mol. The highest BCUT2D eigenvalue weighted by atomic mass is 32.2. The Morgan fingerprint density at radius 3 is 2.76 bits per heavy atom. The molecule has 0 bridgehead atoms. The van der Waals surface area contributed by atoms with Gasteiger partial charge in [0.05, 0.1) is 10.7 Å². The predicted octanol–water partition coefficient (Wildman–Crippen LogP) is 3.76. The van der Waals surface area contributed by atoms with Gasteiger partial charge in [0.2, 0.25) is 0 Å². The highest BCUT2D eigenvalue weighted by Crippen LogP contribution is 2.31. The number of hydrogen-bond acceptors (Lipinski definition) is 3. The minimum absolute atomic E-state index is 0.157. The van der Waals surface area contributed by atoms with Gasteiger partial charge in [-0.1, -0.05) is 31.7 Å². The molecule has 0 atom stereocenters. The monoisotopic (exact) mass is 307 g/mol. The summed E-state index contributed by atoms with van der Waals surface area (Å²) in [5.41, 5.74) is 1.69.